The number of piperazine rings is 1. The molecule has 0 saturated carbocycles. The molecule has 7 nitrogen and oxygen atoms in total. The number of amides is 1. The van der Waals surface area contributed by atoms with E-state index in [0.29, 0.717) is 29.0 Å². The van der Waals surface area contributed by atoms with Gasteiger partial charge in [0.2, 0.25) is 5.91 Å². The molecule has 2 heterocycles. The second-order valence-corrected chi connectivity index (χ2v) is 7.18. The van der Waals surface area contributed by atoms with Crippen LogP contribution in [-0.2, 0) is 11.3 Å². The maximum absolute atomic E-state index is 12.9. The van der Waals surface area contributed by atoms with Crippen LogP contribution in [0.2, 0.25) is 5.02 Å². The zero-order valence-corrected chi connectivity index (χ0v) is 17.2. The van der Waals surface area contributed by atoms with E-state index in [0.717, 1.165) is 12.1 Å². The Labute approximate surface area is 179 Å². The van der Waals surface area contributed by atoms with Gasteiger partial charge in [-0.1, -0.05) is 41.1 Å². The minimum absolute atomic E-state index is 0. The predicted octanol–water partition coefficient (Wildman–Crippen LogP) is 2.43. The number of carbonyl (C=O) groups is 1. The Morgan fingerprint density at radius 2 is 2.03 bits per heavy atom. The lowest BCUT2D eigenvalue weighted by Crippen LogP contribution is -2.49. The number of carbonyl (C=O) groups excluding carboxylic acids is 1. The Kier molecular flexibility index (Phi) is 6.84. The summed E-state index contributed by atoms with van der Waals surface area (Å²) in [7, 11) is 0. The van der Waals surface area contributed by atoms with E-state index in [4.69, 9.17) is 11.6 Å². The van der Waals surface area contributed by atoms with Gasteiger partial charge < -0.3 is 10.2 Å². The van der Waals surface area contributed by atoms with Crippen molar-refractivity contribution in [1.82, 2.24) is 25.2 Å². The summed E-state index contributed by atoms with van der Waals surface area (Å²) in [6, 6.07) is 14.5. The maximum Gasteiger partial charge on any atom is 0.277 e. The lowest BCUT2D eigenvalue weighted by molar-refractivity contribution is -0.134. The first kappa shape index (κ1) is 21.2. The number of fused-ring (bicyclic) bond motifs is 1. The first-order valence-electron chi connectivity index (χ1n) is 9.22. The van der Waals surface area contributed by atoms with E-state index >= 15 is 0 Å². The average Bonchev–Trinajstić information content (AvgIpc) is 2.73. The molecule has 3 aromatic rings. The minimum atomic E-state index is -0.231. The van der Waals surface area contributed by atoms with Crippen LogP contribution >= 0.6 is 24.0 Å². The molecular formula is C20H21Cl2N5O2. The van der Waals surface area contributed by atoms with Crippen molar-refractivity contribution in [3.05, 3.63) is 69.5 Å². The normalized spacial score (nSPS) is 16.4. The van der Waals surface area contributed by atoms with Crippen molar-refractivity contribution in [2.75, 3.05) is 19.6 Å². The molecule has 0 bridgehead atoms. The molecule has 2 aromatic carbocycles. The van der Waals surface area contributed by atoms with Gasteiger partial charge in [0, 0.05) is 31.1 Å². The minimum Gasteiger partial charge on any atom is -0.333 e. The summed E-state index contributed by atoms with van der Waals surface area (Å²) in [5, 5.41) is 12.5. The summed E-state index contributed by atoms with van der Waals surface area (Å²) in [4.78, 5) is 27.3. The summed E-state index contributed by atoms with van der Waals surface area (Å²) < 4.78 is 1.26. The molecule has 1 saturated heterocycles. The Bertz CT molecular complexity index is 1070. The fourth-order valence-electron chi connectivity index (χ4n) is 3.53. The van der Waals surface area contributed by atoms with Gasteiger partial charge in [0.15, 0.2) is 0 Å². The van der Waals surface area contributed by atoms with Gasteiger partial charge in [0.05, 0.1) is 18.0 Å². The fraction of sp³-hybridized carbons (Fsp3) is 0.300. The summed E-state index contributed by atoms with van der Waals surface area (Å²) in [5.74, 6) is -0.0201. The van der Waals surface area contributed by atoms with E-state index in [2.05, 4.69) is 15.6 Å². The van der Waals surface area contributed by atoms with Crippen LogP contribution in [0.25, 0.3) is 10.9 Å². The molecule has 1 aliphatic heterocycles. The standard InChI is InChI=1S/C20H20ClN5O2.ClH/c21-15-5-3-4-14(12-15)18-13-22-9-11-25(18)19(27)8-10-26-20(28)16-6-1-2-7-17(16)23-24-26;/h1-7,12,18,22H,8-11,13H2;1H. The average molecular weight is 434 g/mol. The Morgan fingerprint density at radius 1 is 1.21 bits per heavy atom. The van der Waals surface area contributed by atoms with Crippen molar-refractivity contribution in [2.45, 2.75) is 19.0 Å². The van der Waals surface area contributed by atoms with Crippen LogP contribution in [0.5, 0.6) is 0 Å². The van der Waals surface area contributed by atoms with Gasteiger partial charge in [0.1, 0.15) is 5.52 Å². The highest BCUT2D eigenvalue weighted by Crippen LogP contribution is 2.25. The maximum atomic E-state index is 12.9. The third-order valence-corrected chi connectivity index (χ3v) is 5.20. The molecular weight excluding hydrogens is 413 g/mol. The number of aryl methyl sites for hydroxylation is 1. The van der Waals surface area contributed by atoms with Crippen molar-refractivity contribution in [3.63, 3.8) is 0 Å². The number of nitrogens with zero attached hydrogens (tertiary/aromatic N) is 4. The molecule has 0 spiro atoms. The second-order valence-electron chi connectivity index (χ2n) is 6.75. The molecule has 0 radical (unpaired) electrons. The molecule has 1 fully saturated rings. The number of halogens is 2. The van der Waals surface area contributed by atoms with Gasteiger partial charge in [-0.2, -0.15) is 0 Å². The highest BCUT2D eigenvalue weighted by Gasteiger charge is 2.27. The molecule has 1 unspecified atom stereocenters. The van der Waals surface area contributed by atoms with Crippen LogP contribution in [0.15, 0.2) is 53.3 Å². The van der Waals surface area contributed by atoms with E-state index in [1.165, 1.54) is 4.68 Å². The summed E-state index contributed by atoms with van der Waals surface area (Å²) in [6.07, 6.45) is 0.185. The lowest BCUT2D eigenvalue weighted by Gasteiger charge is -2.36. The van der Waals surface area contributed by atoms with Crippen LogP contribution in [0.4, 0.5) is 0 Å². The van der Waals surface area contributed by atoms with E-state index in [-0.39, 0.29) is 42.9 Å². The molecule has 0 aliphatic carbocycles. The van der Waals surface area contributed by atoms with Crippen molar-refractivity contribution < 1.29 is 4.79 Å². The number of hydrogen-bond acceptors (Lipinski definition) is 5. The van der Waals surface area contributed by atoms with Gasteiger partial charge in [-0.25, -0.2) is 4.68 Å². The molecule has 1 amide bonds. The topological polar surface area (TPSA) is 80.1 Å². The SMILES string of the molecule is Cl.O=C(CCn1nnc2ccccc2c1=O)N1CCNCC1c1cccc(Cl)c1. The third kappa shape index (κ3) is 4.58. The lowest BCUT2D eigenvalue weighted by atomic mass is 10.0. The number of benzene rings is 2. The van der Waals surface area contributed by atoms with Crippen LogP contribution in [0, 0.1) is 0 Å². The summed E-state index contributed by atoms with van der Waals surface area (Å²) in [5.41, 5.74) is 1.32. The number of aromatic nitrogens is 3. The van der Waals surface area contributed by atoms with Crippen molar-refractivity contribution in [2.24, 2.45) is 0 Å². The van der Waals surface area contributed by atoms with Crippen LogP contribution < -0.4 is 10.9 Å². The van der Waals surface area contributed by atoms with E-state index in [9.17, 15) is 9.59 Å². The second kappa shape index (κ2) is 9.35. The Hall–Kier alpha value is -2.48. The first-order valence-corrected chi connectivity index (χ1v) is 9.59. The van der Waals surface area contributed by atoms with Crippen LogP contribution in [0.1, 0.15) is 18.0 Å². The quantitative estimate of drug-likeness (QED) is 0.683. The van der Waals surface area contributed by atoms with E-state index in [1.54, 1.807) is 18.2 Å². The third-order valence-electron chi connectivity index (χ3n) is 4.96. The zero-order chi connectivity index (χ0) is 19.5. The zero-order valence-electron chi connectivity index (χ0n) is 15.6. The van der Waals surface area contributed by atoms with E-state index < -0.39 is 0 Å². The highest BCUT2D eigenvalue weighted by atomic mass is 35.5. The number of hydrogen-bond donors (Lipinski definition) is 1. The molecule has 1 aromatic heterocycles. The van der Waals surface area contributed by atoms with Gasteiger partial charge in [-0.05, 0) is 29.8 Å². The van der Waals surface area contributed by atoms with Crippen LogP contribution in [0.3, 0.4) is 0 Å². The first-order chi connectivity index (χ1) is 13.6. The number of rotatable bonds is 4. The molecule has 29 heavy (non-hydrogen) atoms. The van der Waals surface area contributed by atoms with Crippen molar-refractivity contribution in [1.29, 1.82) is 0 Å². The van der Waals surface area contributed by atoms with Crippen molar-refractivity contribution in [3.8, 4) is 0 Å². The molecule has 1 aliphatic rings. The van der Waals surface area contributed by atoms with Crippen LogP contribution in [-0.4, -0.2) is 45.4 Å². The van der Waals surface area contributed by atoms with Gasteiger partial charge >= 0.3 is 0 Å². The van der Waals surface area contributed by atoms with Gasteiger partial charge in [-0.3, -0.25) is 9.59 Å². The fourth-order valence-corrected chi connectivity index (χ4v) is 3.73. The molecule has 152 valence electrons. The number of nitrogens with one attached hydrogen (secondary N) is 1. The Balaban J connectivity index is 0.00000240. The monoisotopic (exact) mass is 433 g/mol. The molecule has 1 N–H and O–H groups in total. The predicted molar refractivity (Wildman–Crippen MR) is 114 cm³/mol. The summed E-state index contributed by atoms with van der Waals surface area (Å²) in [6.45, 7) is 2.20. The molecule has 9 heteroatoms. The Morgan fingerprint density at radius 3 is 2.86 bits per heavy atom. The largest absolute Gasteiger partial charge is 0.333 e. The summed E-state index contributed by atoms with van der Waals surface area (Å²) >= 11 is 6.12. The molecule has 1 atom stereocenters. The van der Waals surface area contributed by atoms with Gasteiger partial charge in [-0.15, -0.1) is 17.5 Å². The van der Waals surface area contributed by atoms with E-state index in [1.807, 2.05) is 35.2 Å². The highest BCUT2D eigenvalue weighted by molar-refractivity contribution is 6.30. The van der Waals surface area contributed by atoms with Crippen molar-refractivity contribution >= 4 is 40.8 Å². The smallest absolute Gasteiger partial charge is 0.277 e. The van der Waals surface area contributed by atoms with Gasteiger partial charge in [0.25, 0.3) is 5.56 Å². The molecule has 4 rings (SSSR count).